The number of ether oxygens (including phenoxy) is 3. The summed E-state index contributed by atoms with van der Waals surface area (Å²) in [5.74, 6) is 0.742. The Balaban J connectivity index is 2.06. The van der Waals surface area contributed by atoms with Crippen molar-refractivity contribution in [2.45, 2.75) is 6.92 Å². The highest BCUT2D eigenvalue weighted by atomic mass is 35.5. The minimum absolute atomic E-state index is 0.0582. The predicted octanol–water partition coefficient (Wildman–Crippen LogP) is 5.19. The molecule has 0 fully saturated rings. The molecule has 0 saturated heterocycles. The molecular formula is C24H25ClN2O6S. The largest absolute Gasteiger partial charge is 0.493 e. The van der Waals surface area contributed by atoms with Gasteiger partial charge in [0.2, 0.25) is 10.0 Å². The van der Waals surface area contributed by atoms with Gasteiger partial charge in [0.15, 0.2) is 17.2 Å². The first kappa shape index (κ1) is 25.2. The van der Waals surface area contributed by atoms with Crippen LogP contribution in [0.1, 0.15) is 17.3 Å². The summed E-state index contributed by atoms with van der Waals surface area (Å²) >= 11 is 6.17. The van der Waals surface area contributed by atoms with E-state index in [-0.39, 0.29) is 28.5 Å². The van der Waals surface area contributed by atoms with Crippen LogP contribution in [-0.4, -0.2) is 41.3 Å². The van der Waals surface area contributed by atoms with Crippen molar-refractivity contribution in [3.63, 3.8) is 0 Å². The number of hydrogen-bond donors (Lipinski definition) is 1. The van der Waals surface area contributed by atoms with Gasteiger partial charge in [-0.15, -0.1) is 0 Å². The molecule has 0 saturated carbocycles. The van der Waals surface area contributed by atoms with Crippen molar-refractivity contribution in [1.82, 2.24) is 0 Å². The number of sulfonamides is 1. The van der Waals surface area contributed by atoms with Gasteiger partial charge in [-0.25, -0.2) is 8.42 Å². The number of anilines is 2. The molecule has 0 atom stereocenters. The number of nitrogens with one attached hydrogen (secondary N) is 1. The topological polar surface area (TPSA) is 94.2 Å². The fraction of sp³-hybridized carbons (Fsp3) is 0.208. The van der Waals surface area contributed by atoms with Crippen molar-refractivity contribution in [1.29, 1.82) is 0 Å². The number of carbonyl (C=O) groups is 1. The zero-order chi connectivity index (χ0) is 24.9. The van der Waals surface area contributed by atoms with E-state index in [0.717, 1.165) is 4.31 Å². The van der Waals surface area contributed by atoms with Gasteiger partial charge in [-0.3, -0.25) is 9.10 Å². The molecule has 1 amide bonds. The van der Waals surface area contributed by atoms with Gasteiger partial charge in [-0.05, 0) is 43.3 Å². The lowest BCUT2D eigenvalue weighted by molar-refractivity contribution is 0.102. The number of para-hydroxylation sites is 1. The van der Waals surface area contributed by atoms with Gasteiger partial charge in [0, 0.05) is 18.1 Å². The minimum Gasteiger partial charge on any atom is -0.493 e. The molecule has 0 aliphatic rings. The van der Waals surface area contributed by atoms with Crippen molar-refractivity contribution in [2.24, 2.45) is 0 Å². The average molecular weight is 505 g/mol. The maximum atomic E-state index is 13.4. The summed E-state index contributed by atoms with van der Waals surface area (Å²) in [6.45, 7) is 1.52. The Morgan fingerprint density at radius 1 is 0.971 bits per heavy atom. The van der Waals surface area contributed by atoms with E-state index < -0.39 is 15.9 Å². The fourth-order valence-electron chi connectivity index (χ4n) is 3.15. The Labute approximate surface area is 204 Å². The second kappa shape index (κ2) is 10.7. The SMILES string of the molecule is CCS(=O)(=O)N(C)c1cc(OC)c(OC)cc1C(=O)Nc1cc(Cl)ccc1Oc1ccccc1. The fourth-order valence-corrected chi connectivity index (χ4v) is 4.16. The maximum Gasteiger partial charge on any atom is 0.258 e. The van der Waals surface area contributed by atoms with E-state index in [1.165, 1.54) is 40.3 Å². The molecule has 3 aromatic rings. The van der Waals surface area contributed by atoms with E-state index in [2.05, 4.69) is 5.32 Å². The molecule has 0 heterocycles. The molecule has 0 radical (unpaired) electrons. The van der Waals surface area contributed by atoms with Gasteiger partial charge in [-0.1, -0.05) is 29.8 Å². The Morgan fingerprint density at radius 2 is 1.62 bits per heavy atom. The van der Waals surface area contributed by atoms with Crippen molar-refractivity contribution in [3.05, 3.63) is 71.2 Å². The quantitative estimate of drug-likeness (QED) is 0.431. The number of hydrogen-bond acceptors (Lipinski definition) is 6. The molecule has 8 nitrogen and oxygen atoms in total. The van der Waals surface area contributed by atoms with Crippen LogP contribution in [0.4, 0.5) is 11.4 Å². The van der Waals surface area contributed by atoms with Gasteiger partial charge in [0.25, 0.3) is 5.91 Å². The summed E-state index contributed by atoms with van der Waals surface area (Å²) in [5, 5.41) is 3.16. The van der Waals surface area contributed by atoms with E-state index in [0.29, 0.717) is 22.2 Å². The molecular weight excluding hydrogens is 480 g/mol. The third-order valence-electron chi connectivity index (χ3n) is 5.03. The van der Waals surface area contributed by atoms with Gasteiger partial charge in [0.1, 0.15) is 5.75 Å². The lowest BCUT2D eigenvalue weighted by atomic mass is 10.1. The van der Waals surface area contributed by atoms with Gasteiger partial charge in [0.05, 0.1) is 36.9 Å². The standard InChI is InChI=1S/C24H25ClN2O6S/c1-5-34(29,30)27(2)20-15-23(32-4)22(31-3)14-18(20)24(28)26-19-13-16(25)11-12-21(19)33-17-9-7-6-8-10-17/h6-15H,5H2,1-4H3,(H,26,28). The molecule has 3 rings (SSSR count). The predicted molar refractivity (Wildman–Crippen MR) is 133 cm³/mol. The molecule has 0 aromatic heterocycles. The minimum atomic E-state index is -3.67. The molecule has 0 aliphatic heterocycles. The summed E-state index contributed by atoms with van der Waals surface area (Å²) < 4.78 is 42.7. The summed E-state index contributed by atoms with van der Waals surface area (Å²) in [6.07, 6.45) is 0. The number of methoxy groups -OCH3 is 2. The van der Waals surface area contributed by atoms with Crippen molar-refractivity contribution < 1.29 is 27.4 Å². The lowest BCUT2D eigenvalue weighted by Crippen LogP contribution is -2.30. The van der Waals surface area contributed by atoms with Gasteiger partial charge in [-0.2, -0.15) is 0 Å². The lowest BCUT2D eigenvalue weighted by Gasteiger charge is -2.23. The monoisotopic (exact) mass is 504 g/mol. The first-order valence-electron chi connectivity index (χ1n) is 10.3. The van der Waals surface area contributed by atoms with Crippen LogP contribution in [0.3, 0.4) is 0 Å². The number of rotatable bonds is 9. The van der Waals surface area contributed by atoms with Gasteiger partial charge < -0.3 is 19.5 Å². The van der Waals surface area contributed by atoms with E-state index >= 15 is 0 Å². The van der Waals surface area contributed by atoms with Crippen LogP contribution in [-0.2, 0) is 10.0 Å². The molecule has 0 bridgehead atoms. The second-order valence-corrected chi connectivity index (χ2v) is 9.83. The molecule has 0 aliphatic carbocycles. The molecule has 10 heteroatoms. The Bertz CT molecular complexity index is 1280. The Kier molecular flexibility index (Phi) is 7.90. The maximum absolute atomic E-state index is 13.4. The van der Waals surface area contributed by atoms with Crippen molar-refractivity contribution in [2.75, 3.05) is 36.6 Å². The number of halogens is 1. The molecule has 34 heavy (non-hydrogen) atoms. The molecule has 0 spiro atoms. The highest BCUT2D eigenvalue weighted by Crippen LogP contribution is 2.37. The van der Waals surface area contributed by atoms with Crippen LogP contribution in [0.5, 0.6) is 23.0 Å². The summed E-state index contributed by atoms with van der Waals surface area (Å²) in [6, 6.07) is 16.7. The van der Waals surface area contributed by atoms with Crippen LogP contribution < -0.4 is 23.8 Å². The van der Waals surface area contributed by atoms with E-state index in [1.807, 2.05) is 18.2 Å². The normalized spacial score (nSPS) is 11.0. The number of amides is 1. The Hall–Kier alpha value is -3.43. The zero-order valence-electron chi connectivity index (χ0n) is 19.2. The number of benzene rings is 3. The molecule has 180 valence electrons. The summed E-state index contributed by atoms with van der Waals surface area (Å²) in [5.41, 5.74) is 0.496. The molecule has 1 N–H and O–H groups in total. The zero-order valence-corrected chi connectivity index (χ0v) is 20.7. The van der Waals surface area contributed by atoms with Crippen LogP contribution in [0.2, 0.25) is 5.02 Å². The molecule has 0 unspecified atom stereocenters. The first-order chi connectivity index (χ1) is 16.2. The van der Waals surface area contributed by atoms with Crippen molar-refractivity contribution in [3.8, 4) is 23.0 Å². The van der Waals surface area contributed by atoms with Crippen LogP contribution in [0.25, 0.3) is 0 Å². The summed E-state index contributed by atoms with van der Waals surface area (Å²) in [7, 11) is 0.557. The third-order valence-corrected chi connectivity index (χ3v) is 7.02. The van der Waals surface area contributed by atoms with Gasteiger partial charge >= 0.3 is 0 Å². The van der Waals surface area contributed by atoms with Crippen LogP contribution >= 0.6 is 11.6 Å². The van der Waals surface area contributed by atoms with Crippen molar-refractivity contribution >= 4 is 38.9 Å². The Morgan fingerprint density at radius 3 is 2.24 bits per heavy atom. The first-order valence-corrected chi connectivity index (χ1v) is 12.2. The van der Waals surface area contributed by atoms with Crippen LogP contribution in [0.15, 0.2) is 60.7 Å². The van der Waals surface area contributed by atoms with Crippen LogP contribution in [0, 0.1) is 0 Å². The highest BCUT2D eigenvalue weighted by Gasteiger charge is 2.25. The smallest absolute Gasteiger partial charge is 0.258 e. The van der Waals surface area contributed by atoms with E-state index in [4.69, 9.17) is 25.8 Å². The second-order valence-electron chi connectivity index (χ2n) is 7.10. The number of nitrogens with zero attached hydrogens (tertiary/aromatic N) is 1. The number of carbonyl (C=O) groups excluding carboxylic acids is 1. The summed E-state index contributed by atoms with van der Waals surface area (Å²) in [4.78, 5) is 13.4. The molecule has 3 aromatic carbocycles. The van der Waals surface area contributed by atoms with E-state index in [9.17, 15) is 13.2 Å². The third kappa shape index (κ3) is 5.55. The highest BCUT2D eigenvalue weighted by molar-refractivity contribution is 7.92. The van der Waals surface area contributed by atoms with E-state index in [1.54, 1.807) is 30.3 Å². The average Bonchev–Trinajstić information content (AvgIpc) is 2.84.